The molecule has 0 fully saturated rings. The van der Waals surface area contributed by atoms with Crippen LogP contribution in [0.3, 0.4) is 0 Å². The molecule has 0 atom stereocenters. The van der Waals surface area contributed by atoms with Crippen LogP contribution in [0.1, 0.15) is 28.0 Å². The minimum Gasteiger partial charge on any atom is -0.428 e. The van der Waals surface area contributed by atoms with E-state index in [1.54, 1.807) is 0 Å². The van der Waals surface area contributed by atoms with Crippen molar-refractivity contribution < 1.29 is 4.42 Å². The smallest absolute Gasteiger partial charge is 0.295 e. The van der Waals surface area contributed by atoms with E-state index in [1.807, 2.05) is 14.0 Å². The Hall–Kier alpha value is -1.77. The highest BCUT2D eigenvalue weighted by molar-refractivity contribution is 5.72. The van der Waals surface area contributed by atoms with E-state index in [2.05, 4.69) is 44.1 Å². The summed E-state index contributed by atoms with van der Waals surface area (Å²) < 4.78 is 5.59. The Bertz CT molecular complexity index is 571. The van der Waals surface area contributed by atoms with Gasteiger partial charge >= 0.3 is 0 Å². The van der Waals surface area contributed by atoms with E-state index in [4.69, 9.17) is 4.42 Å². The van der Waals surface area contributed by atoms with E-state index in [9.17, 15) is 0 Å². The predicted molar refractivity (Wildman–Crippen MR) is 75.2 cm³/mol. The molecule has 0 saturated carbocycles. The fraction of sp³-hybridized carbons (Fsp3) is 0.400. The van der Waals surface area contributed by atoms with Gasteiger partial charge in [-0.15, -0.1) is 0 Å². The summed E-state index contributed by atoms with van der Waals surface area (Å²) in [6, 6.07) is 2.79. The maximum atomic E-state index is 5.59. The summed E-state index contributed by atoms with van der Waals surface area (Å²) in [6.07, 6.45) is 0. The van der Waals surface area contributed by atoms with Crippen molar-refractivity contribution in [2.45, 2.75) is 34.6 Å². The summed E-state index contributed by atoms with van der Waals surface area (Å²) in [6.45, 7) is 10.5. The topological polar surface area (TPSA) is 38.1 Å². The lowest BCUT2D eigenvalue weighted by Gasteiger charge is -2.13. The molecule has 0 aliphatic heterocycles. The number of aromatic nitrogens is 1. The molecule has 0 spiro atoms. The third-order valence-electron chi connectivity index (χ3n) is 3.61. The molecule has 2 rings (SSSR count). The molecular formula is C15H20N2O. The maximum Gasteiger partial charge on any atom is 0.295 e. The number of anilines is 1. The highest BCUT2D eigenvalue weighted by Gasteiger charge is 2.17. The lowest BCUT2D eigenvalue weighted by Crippen LogP contribution is -1.96. The molecular weight excluding hydrogens is 224 g/mol. The molecule has 0 unspecified atom stereocenters. The number of hydrogen-bond acceptors (Lipinski definition) is 3. The van der Waals surface area contributed by atoms with Gasteiger partial charge in [-0.25, -0.2) is 0 Å². The fourth-order valence-corrected chi connectivity index (χ4v) is 2.31. The van der Waals surface area contributed by atoms with Crippen LogP contribution in [0.25, 0.3) is 11.3 Å². The number of benzene rings is 1. The van der Waals surface area contributed by atoms with Crippen molar-refractivity contribution in [1.29, 1.82) is 0 Å². The normalized spacial score (nSPS) is 10.8. The summed E-state index contributed by atoms with van der Waals surface area (Å²) in [5, 5.41) is 2.95. The Morgan fingerprint density at radius 3 is 2.00 bits per heavy atom. The van der Waals surface area contributed by atoms with Gasteiger partial charge in [-0.2, -0.15) is 4.98 Å². The standard InChI is InChI=1S/C15H20N2O/c1-8-7-9(2)11(4)13(10(8)3)14-12(5)18-15(16-6)17-14/h7H,1-6H3,(H,16,17). The number of nitrogens with one attached hydrogen (secondary N) is 1. The molecule has 0 bridgehead atoms. The Balaban J connectivity index is 2.73. The second-order valence-electron chi connectivity index (χ2n) is 4.81. The number of nitrogens with zero attached hydrogens (tertiary/aromatic N) is 1. The second kappa shape index (κ2) is 4.48. The van der Waals surface area contributed by atoms with E-state index in [0.717, 1.165) is 11.5 Å². The molecule has 1 heterocycles. The summed E-state index contributed by atoms with van der Waals surface area (Å²) in [4.78, 5) is 4.52. The van der Waals surface area contributed by atoms with E-state index in [0.29, 0.717) is 6.01 Å². The van der Waals surface area contributed by atoms with Crippen LogP contribution in [0.2, 0.25) is 0 Å². The second-order valence-corrected chi connectivity index (χ2v) is 4.81. The van der Waals surface area contributed by atoms with Gasteiger partial charge in [0.05, 0.1) is 0 Å². The monoisotopic (exact) mass is 244 g/mol. The molecule has 1 aromatic carbocycles. The van der Waals surface area contributed by atoms with Gasteiger partial charge in [-0.05, 0) is 56.9 Å². The molecule has 0 aliphatic carbocycles. The van der Waals surface area contributed by atoms with Gasteiger partial charge in [0.1, 0.15) is 11.5 Å². The molecule has 0 saturated heterocycles. The zero-order valence-electron chi connectivity index (χ0n) is 11.9. The third-order valence-corrected chi connectivity index (χ3v) is 3.61. The third kappa shape index (κ3) is 1.90. The van der Waals surface area contributed by atoms with Crippen LogP contribution in [0.15, 0.2) is 10.5 Å². The molecule has 96 valence electrons. The zero-order valence-corrected chi connectivity index (χ0v) is 11.9. The van der Waals surface area contributed by atoms with Crippen molar-refractivity contribution >= 4 is 6.01 Å². The molecule has 0 aliphatic rings. The van der Waals surface area contributed by atoms with Gasteiger partial charge < -0.3 is 9.73 Å². The first-order chi connectivity index (χ1) is 8.45. The number of rotatable bonds is 2. The Kier molecular flexibility index (Phi) is 3.16. The molecule has 3 heteroatoms. The molecule has 18 heavy (non-hydrogen) atoms. The molecule has 1 N–H and O–H groups in total. The van der Waals surface area contributed by atoms with Crippen molar-refractivity contribution in [2.75, 3.05) is 12.4 Å². The molecule has 0 amide bonds. The fourth-order valence-electron chi connectivity index (χ4n) is 2.31. The number of hydrogen-bond donors (Lipinski definition) is 1. The highest BCUT2D eigenvalue weighted by Crippen LogP contribution is 2.34. The van der Waals surface area contributed by atoms with Crippen LogP contribution in [-0.4, -0.2) is 12.0 Å². The van der Waals surface area contributed by atoms with Crippen LogP contribution < -0.4 is 5.32 Å². The Morgan fingerprint density at radius 2 is 1.56 bits per heavy atom. The average molecular weight is 244 g/mol. The van der Waals surface area contributed by atoms with Crippen LogP contribution in [0, 0.1) is 34.6 Å². The van der Waals surface area contributed by atoms with E-state index in [1.165, 1.54) is 27.8 Å². The predicted octanol–water partition coefficient (Wildman–Crippen LogP) is 3.93. The van der Waals surface area contributed by atoms with E-state index >= 15 is 0 Å². The van der Waals surface area contributed by atoms with Crippen LogP contribution in [-0.2, 0) is 0 Å². The van der Waals surface area contributed by atoms with Gasteiger partial charge in [-0.1, -0.05) is 6.07 Å². The summed E-state index contributed by atoms with van der Waals surface area (Å²) in [7, 11) is 1.82. The van der Waals surface area contributed by atoms with Gasteiger partial charge in [-0.3, -0.25) is 0 Å². The molecule has 3 nitrogen and oxygen atoms in total. The van der Waals surface area contributed by atoms with Gasteiger partial charge in [0.15, 0.2) is 0 Å². The largest absolute Gasteiger partial charge is 0.428 e. The van der Waals surface area contributed by atoms with Crippen molar-refractivity contribution in [3.8, 4) is 11.3 Å². The summed E-state index contributed by atoms with van der Waals surface area (Å²) >= 11 is 0. The first-order valence-corrected chi connectivity index (χ1v) is 6.18. The molecule has 1 aromatic heterocycles. The zero-order chi connectivity index (χ0) is 13.4. The van der Waals surface area contributed by atoms with Crippen LogP contribution >= 0.6 is 0 Å². The van der Waals surface area contributed by atoms with E-state index < -0.39 is 0 Å². The highest BCUT2D eigenvalue weighted by atomic mass is 16.4. The van der Waals surface area contributed by atoms with Gasteiger partial charge in [0.25, 0.3) is 6.01 Å². The quantitative estimate of drug-likeness (QED) is 0.870. The SMILES string of the molecule is CNc1nc(-c2c(C)c(C)cc(C)c2C)c(C)o1. The molecule has 0 radical (unpaired) electrons. The summed E-state index contributed by atoms with van der Waals surface area (Å²) in [5.74, 6) is 0.857. The maximum absolute atomic E-state index is 5.59. The molecule has 2 aromatic rings. The van der Waals surface area contributed by atoms with Crippen molar-refractivity contribution in [2.24, 2.45) is 0 Å². The van der Waals surface area contributed by atoms with E-state index in [-0.39, 0.29) is 0 Å². The Labute approximate surface area is 108 Å². The van der Waals surface area contributed by atoms with Gasteiger partial charge in [0.2, 0.25) is 0 Å². The minimum absolute atomic E-state index is 0.570. The average Bonchev–Trinajstić information content (AvgIpc) is 2.69. The number of aryl methyl sites for hydroxylation is 3. The van der Waals surface area contributed by atoms with Crippen molar-refractivity contribution in [3.63, 3.8) is 0 Å². The van der Waals surface area contributed by atoms with Crippen LogP contribution in [0.5, 0.6) is 0 Å². The van der Waals surface area contributed by atoms with Crippen molar-refractivity contribution in [3.05, 3.63) is 34.1 Å². The van der Waals surface area contributed by atoms with Crippen molar-refractivity contribution in [1.82, 2.24) is 4.98 Å². The minimum atomic E-state index is 0.570. The number of oxazole rings is 1. The first-order valence-electron chi connectivity index (χ1n) is 6.18. The lowest BCUT2D eigenvalue weighted by atomic mass is 9.92. The first kappa shape index (κ1) is 12.7. The van der Waals surface area contributed by atoms with Crippen LogP contribution in [0.4, 0.5) is 6.01 Å². The van der Waals surface area contributed by atoms with Gasteiger partial charge in [0, 0.05) is 12.6 Å². The Morgan fingerprint density at radius 1 is 1.00 bits per heavy atom. The summed E-state index contributed by atoms with van der Waals surface area (Å²) in [5.41, 5.74) is 7.29. The lowest BCUT2D eigenvalue weighted by molar-refractivity contribution is 0.544.